The molecule has 0 aliphatic rings. The van der Waals surface area contributed by atoms with E-state index in [-0.39, 0.29) is 21.4 Å². The van der Waals surface area contributed by atoms with Crippen LogP contribution in [-0.2, 0) is 4.74 Å². The van der Waals surface area contributed by atoms with Crippen LogP contribution < -0.4 is 5.73 Å². The van der Waals surface area contributed by atoms with Crippen molar-refractivity contribution in [3.8, 4) is 11.3 Å². The molecule has 0 saturated heterocycles. The molecule has 0 bridgehead atoms. The largest absolute Gasteiger partial charge is 0.464 e. The molecule has 0 amide bonds. The molecule has 1 heterocycles. The highest BCUT2D eigenvalue weighted by molar-refractivity contribution is 6.49. The molecule has 0 atom stereocenters. The number of hydrogen-bond acceptors (Lipinski definition) is 4. The van der Waals surface area contributed by atoms with Crippen molar-refractivity contribution in [1.29, 1.82) is 0 Å². The number of pyridine rings is 1. The first-order valence-electron chi connectivity index (χ1n) is 5.44. The first-order chi connectivity index (χ1) is 9.45. The van der Waals surface area contributed by atoms with E-state index in [2.05, 4.69) is 9.72 Å². The van der Waals surface area contributed by atoms with E-state index in [0.29, 0.717) is 16.3 Å². The van der Waals surface area contributed by atoms with E-state index in [1.165, 1.54) is 7.11 Å². The Morgan fingerprint density at radius 3 is 2.50 bits per heavy atom. The number of anilines is 1. The molecule has 20 heavy (non-hydrogen) atoms. The minimum absolute atomic E-state index is 0.0205. The first kappa shape index (κ1) is 14.9. The Kier molecular flexibility index (Phi) is 4.38. The van der Waals surface area contributed by atoms with Crippen molar-refractivity contribution in [1.82, 2.24) is 4.98 Å². The zero-order chi connectivity index (χ0) is 14.9. The average Bonchev–Trinajstić information content (AvgIpc) is 2.45. The number of benzene rings is 1. The van der Waals surface area contributed by atoms with E-state index >= 15 is 0 Å². The second kappa shape index (κ2) is 5.87. The van der Waals surface area contributed by atoms with Gasteiger partial charge in [0, 0.05) is 5.56 Å². The number of aromatic nitrogens is 1. The zero-order valence-corrected chi connectivity index (χ0v) is 12.6. The number of hydrogen-bond donors (Lipinski definition) is 1. The molecule has 104 valence electrons. The topological polar surface area (TPSA) is 65.2 Å². The fraction of sp³-hybridized carbons (Fsp3) is 0.0769. The van der Waals surface area contributed by atoms with E-state index < -0.39 is 5.97 Å². The van der Waals surface area contributed by atoms with Gasteiger partial charge in [-0.3, -0.25) is 0 Å². The Morgan fingerprint density at radius 2 is 1.85 bits per heavy atom. The Balaban J connectivity index is 2.60. The van der Waals surface area contributed by atoms with Crippen molar-refractivity contribution in [3.05, 3.63) is 45.0 Å². The lowest BCUT2D eigenvalue weighted by atomic mass is 10.1. The van der Waals surface area contributed by atoms with Gasteiger partial charge in [0.1, 0.15) is 0 Å². The number of esters is 1. The van der Waals surface area contributed by atoms with Crippen LogP contribution in [-0.4, -0.2) is 18.1 Å². The lowest BCUT2D eigenvalue weighted by Crippen LogP contribution is -2.09. The number of halogens is 3. The van der Waals surface area contributed by atoms with Crippen LogP contribution in [0.5, 0.6) is 0 Å². The zero-order valence-electron chi connectivity index (χ0n) is 10.3. The molecule has 0 aliphatic carbocycles. The molecular formula is C13H9Cl3N2O2. The molecule has 0 saturated carbocycles. The summed E-state index contributed by atoms with van der Waals surface area (Å²) in [6.07, 6.45) is 0. The van der Waals surface area contributed by atoms with Crippen molar-refractivity contribution in [2.75, 3.05) is 12.8 Å². The number of nitrogens with two attached hydrogens (primary N) is 1. The Morgan fingerprint density at radius 1 is 1.15 bits per heavy atom. The summed E-state index contributed by atoms with van der Waals surface area (Å²) in [4.78, 5) is 15.7. The summed E-state index contributed by atoms with van der Waals surface area (Å²) in [7, 11) is 1.25. The third kappa shape index (κ3) is 2.68. The molecule has 1 aromatic carbocycles. The van der Waals surface area contributed by atoms with Crippen LogP contribution in [0.15, 0.2) is 24.3 Å². The fourth-order valence-corrected chi connectivity index (χ4v) is 2.24. The van der Waals surface area contributed by atoms with Gasteiger partial charge in [-0.1, -0.05) is 34.8 Å². The number of rotatable bonds is 2. The second-order valence-electron chi connectivity index (χ2n) is 3.85. The number of methoxy groups -OCH3 is 1. The van der Waals surface area contributed by atoms with Gasteiger partial charge in [0.05, 0.1) is 33.6 Å². The summed E-state index contributed by atoms with van der Waals surface area (Å²) >= 11 is 18.0. The van der Waals surface area contributed by atoms with Gasteiger partial charge in [-0.15, -0.1) is 0 Å². The van der Waals surface area contributed by atoms with Gasteiger partial charge in [0.15, 0.2) is 5.69 Å². The molecule has 0 radical (unpaired) electrons. The van der Waals surface area contributed by atoms with Crippen LogP contribution in [0.2, 0.25) is 15.1 Å². The van der Waals surface area contributed by atoms with Crippen molar-refractivity contribution in [2.24, 2.45) is 0 Å². The number of nitrogen functional groups attached to an aromatic ring is 1. The molecule has 0 spiro atoms. The highest BCUT2D eigenvalue weighted by atomic mass is 35.5. The lowest BCUT2D eigenvalue weighted by Gasteiger charge is -2.09. The summed E-state index contributed by atoms with van der Waals surface area (Å²) < 4.78 is 4.62. The van der Waals surface area contributed by atoms with Crippen LogP contribution in [0.3, 0.4) is 0 Å². The van der Waals surface area contributed by atoms with Gasteiger partial charge >= 0.3 is 5.97 Å². The van der Waals surface area contributed by atoms with Gasteiger partial charge in [-0.2, -0.15) is 0 Å². The van der Waals surface area contributed by atoms with E-state index in [4.69, 9.17) is 40.5 Å². The van der Waals surface area contributed by atoms with Crippen molar-refractivity contribution in [3.63, 3.8) is 0 Å². The quantitative estimate of drug-likeness (QED) is 0.665. The Hall–Kier alpha value is -1.49. The number of nitrogens with zero attached hydrogens (tertiary/aromatic N) is 1. The van der Waals surface area contributed by atoms with Crippen molar-refractivity contribution >= 4 is 46.5 Å². The maximum Gasteiger partial charge on any atom is 0.358 e. The highest BCUT2D eigenvalue weighted by Gasteiger charge is 2.16. The monoisotopic (exact) mass is 330 g/mol. The number of ether oxygens (including phenoxy) is 1. The summed E-state index contributed by atoms with van der Waals surface area (Å²) in [6.45, 7) is 0. The Bertz CT molecular complexity index is 690. The minimum atomic E-state index is -0.625. The highest BCUT2D eigenvalue weighted by Crippen LogP contribution is 2.37. The second-order valence-corrected chi connectivity index (χ2v) is 5.01. The summed E-state index contributed by atoms with van der Waals surface area (Å²) in [5.74, 6) is -0.625. The molecule has 0 unspecified atom stereocenters. The van der Waals surface area contributed by atoms with Crippen molar-refractivity contribution in [2.45, 2.75) is 0 Å². The number of carbonyl (C=O) groups excluding carboxylic acids is 1. The van der Waals surface area contributed by atoms with Gasteiger partial charge in [0.2, 0.25) is 0 Å². The van der Waals surface area contributed by atoms with Gasteiger partial charge in [-0.05, 0) is 24.3 Å². The standard InChI is InChI=1S/C13H9Cl3N2O2/c1-20-13(19)12-8(17)4-5-9(18-12)6-2-3-7(14)11(16)10(6)15/h2-5H,17H2,1H3. The molecule has 1 aromatic heterocycles. The molecule has 2 aromatic rings. The van der Waals surface area contributed by atoms with Crippen molar-refractivity contribution < 1.29 is 9.53 Å². The average molecular weight is 332 g/mol. The van der Waals surface area contributed by atoms with Crippen LogP contribution in [0.25, 0.3) is 11.3 Å². The maximum atomic E-state index is 11.6. The predicted octanol–water partition coefficient (Wildman–Crippen LogP) is 4.08. The van der Waals surface area contributed by atoms with Crippen LogP contribution in [0.1, 0.15) is 10.5 Å². The lowest BCUT2D eigenvalue weighted by molar-refractivity contribution is 0.0595. The van der Waals surface area contributed by atoms with E-state index in [1.807, 2.05) is 0 Å². The smallest absolute Gasteiger partial charge is 0.358 e. The molecule has 0 aliphatic heterocycles. The third-order valence-corrected chi connectivity index (χ3v) is 3.91. The third-order valence-electron chi connectivity index (χ3n) is 2.62. The molecule has 0 fully saturated rings. The van der Waals surface area contributed by atoms with Crippen LogP contribution in [0.4, 0.5) is 5.69 Å². The van der Waals surface area contributed by atoms with E-state index in [0.717, 1.165) is 0 Å². The molecule has 2 rings (SSSR count). The molecule has 4 nitrogen and oxygen atoms in total. The summed E-state index contributed by atoms with van der Waals surface area (Å²) in [6, 6.07) is 6.44. The summed E-state index contributed by atoms with van der Waals surface area (Å²) in [5, 5.41) is 0.820. The maximum absolute atomic E-state index is 11.6. The normalized spacial score (nSPS) is 10.4. The van der Waals surface area contributed by atoms with Gasteiger partial charge < -0.3 is 10.5 Å². The predicted molar refractivity (Wildman–Crippen MR) is 80.5 cm³/mol. The number of carbonyl (C=O) groups is 1. The van der Waals surface area contributed by atoms with Gasteiger partial charge in [0.25, 0.3) is 0 Å². The molecule has 7 heteroatoms. The fourth-order valence-electron chi connectivity index (χ4n) is 1.60. The van der Waals surface area contributed by atoms with E-state index in [1.54, 1.807) is 24.3 Å². The molecular weight excluding hydrogens is 323 g/mol. The minimum Gasteiger partial charge on any atom is -0.464 e. The van der Waals surface area contributed by atoms with Crippen LogP contribution in [0, 0.1) is 0 Å². The van der Waals surface area contributed by atoms with E-state index in [9.17, 15) is 4.79 Å². The SMILES string of the molecule is COC(=O)c1nc(-c2ccc(Cl)c(Cl)c2Cl)ccc1N. The summed E-state index contributed by atoms with van der Waals surface area (Å²) in [5.41, 5.74) is 6.93. The Labute approximate surface area is 130 Å². The van der Waals surface area contributed by atoms with Crippen LogP contribution >= 0.6 is 34.8 Å². The van der Waals surface area contributed by atoms with Gasteiger partial charge in [-0.25, -0.2) is 9.78 Å². The molecule has 2 N–H and O–H groups in total. The first-order valence-corrected chi connectivity index (χ1v) is 6.57.